The lowest BCUT2D eigenvalue weighted by atomic mass is 10.1. The molecule has 1 aliphatic heterocycles. The van der Waals surface area contributed by atoms with E-state index in [1.54, 1.807) is 6.92 Å². The Balaban J connectivity index is 2.22. The van der Waals surface area contributed by atoms with Crippen molar-refractivity contribution in [2.45, 2.75) is 13.0 Å². The van der Waals surface area contributed by atoms with Gasteiger partial charge in [0.25, 0.3) is 5.91 Å². The molecular weight excluding hydrogens is 337 g/mol. The number of sulfone groups is 1. The van der Waals surface area contributed by atoms with E-state index >= 15 is 0 Å². The molecular formula is C12H13BrFNO3S. The maximum atomic E-state index is 13.1. The lowest BCUT2D eigenvalue weighted by Crippen LogP contribution is -2.49. The van der Waals surface area contributed by atoms with E-state index in [1.807, 2.05) is 0 Å². The second-order valence-corrected chi connectivity index (χ2v) is 7.67. The van der Waals surface area contributed by atoms with Crippen LogP contribution < -0.4 is 0 Å². The van der Waals surface area contributed by atoms with E-state index < -0.39 is 15.7 Å². The van der Waals surface area contributed by atoms with Gasteiger partial charge in [0.15, 0.2) is 9.84 Å². The Labute approximate surface area is 119 Å². The number of rotatable bonds is 1. The molecule has 1 heterocycles. The second-order valence-electron chi connectivity index (χ2n) is 4.59. The van der Waals surface area contributed by atoms with Gasteiger partial charge in [0.1, 0.15) is 5.82 Å². The molecule has 1 amide bonds. The molecule has 7 heteroatoms. The first kappa shape index (κ1) is 14.5. The maximum absolute atomic E-state index is 13.1. The molecule has 0 aliphatic carbocycles. The summed E-state index contributed by atoms with van der Waals surface area (Å²) in [4.78, 5) is 13.8. The minimum absolute atomic E-state index is 0.0224. The number of carbonyl (C=O) groups is 1. The van der Waals surface area contributed by atoms with Crippen molar-refractivity contribution in [1.29, 1.82) is 0 Å². The fraction of sp³-hybridized carbons (Fsp3) is 0.417. The molecule has 0 bridgehead atoms. The fourth-order valence-electron chi connectivity index (χ4n) is 2.10. The van der Waals surface area contributed by atoms with Crippen molar-refractivity contribution in [3.05, 3.63) is 34.1 Å². The van der Waals surface area contributed by atoms with Gasteiger partial charge in [0.05, 0.1) is 16.0 Å². The Morgan fingerprint density at radius 3 is 2.74 bits per heavy atom. The van der Waals surface area contributed by atoms with Gasteiger partial charge < -0.3 is 4.90 Å². The van der Waals surface area contributed by atoms with E-state index in [1.165, 1.54) is 23.1 Å². The predicted molar refractivity (Wildman–Crippen MR) is 73.3 cm³/mol. The largest absolute Gasteiger partial charge is 0.334 e. The molecule has 0 spiro atoms. The van der Waals surface area contributed by atoms with Gasteiger partial charge in [0, 0.05) is 18.2 Å². The Hall–Kier alpha value is -0.950. The molecule has 0 radical (unpaired) electrons. The molecule has 19 heavy (non-hydrogen) atoms. The smallest absolute Gasteiger partial charge is 0.254 e. The quantitative estimate of drug-likeness (QED) is 0.777. The maximum Gasteiger partial charge on any atom is 0.254 e. The number of hydrogen-bond acceptors (Lipinski definition) is 3. The summed E-state index contributed by atoms with van der Waals surface area (Å²) >= 11 is 3.03. The first-order chi connectivity index (χ1) is 8.80. The lowest BCUT2D eigenvalue weighted by molar-refractivity contribution is 0.0712. The first-order valence-electron chi connectivity index (χ1n) is 5.76. The van der Waals surface area contributed by atoms with Crippen LogP contribution in [0.1, 0.15) is 17.3 Å². The number of nitrogens with zero attached hydrogens (tertiary/aromatic N) is 1. The summed E-state index contributed by atoms with van der Waals surface area (Å²) in [5.74, 6) is -0.763. The molecule has 1 aliphatic rings. The molecule has 1 atom stereocenters. The molecule has 0 N–H and O–H groups in total. The van der Waals surface area contributed by atoms with Crippen LogP contribution in [0.25, 0.3) is 0 Å². The van der Waals surface area contributed by atoms with Crippen LogP contribution >= 0.6 is 15.9 Å². The molecule has 1 aromatic carbocycles. The molecule has 0 aromatic heterocycles. The van der Waals surface area contributed by atoms with E-state index in [0.717, 1.165) is 0 Å². The van der Waals surface area contributed by atoms with Crippen molar-refractivity contribution in [1.82, 2.24) is 4.90 Å². The number of carbonyl (C=O) groups excluding carboxylic acids is 1. The Kier molecular flexibility index (Phi) is 3.96. The topological polar surface area (TPSA) is 54.5 Å². The summed E-state index contributed by atoms with van der Waals surface area (Å²) in [6.07, 6.45) is 0. The third-order valence-corrected chi connectivity index (χ3v) is 5.50. The van der Waals surface area contributed by atoms with Crippen molar-refractivity contribution in [3.63, 3.8) is 0 Å². The highest BCUT2D eigenvalue weighted by atomic mass is 79.9. The highest BCUT2D eigenvalue weighted by Gasteiger charge is 2.31. The van der Waals surface area contributed by atoms with Gasteiger partial charge in [0.2, 0.25) is 0 Å². The third-order valence-electron chi connectivity index (χ3n) is 3.10. The van der Waals surface area contributed by atoms with E-state index in [-0.39, 0.29) is 34.5 Å². The molecule has 1 fully saturated rings. The van der Waals surface area contributed by atoms with Gasteiger partial charge in [-0.25, -0.2) is 12.8 Å². The third kappa shape index (κ3) is 3.14. The van der Waals surface area contributed by atoms with Gasteiger partial charge in [-0.1, -0.05) is 0 Å². The van der Waals surface area contributed by atoms with Crippen LogP contribution in [0.4, 0.5) is 4.39 Å². The standard InChI is InChI=1S/C12H13BrFNO3S/c1-8-7-19(17,18)5-4-15(8)12(16)9-2-3-11(14)10(13)6-9/h2-3,6,8H,4-5,7H2,1H3. The summed E-state index contributed by atoms with van der Waals surface area (Å²) in [5.41, 5.74) is 0.347. The summed E-state index contributed by atoms with van der Waals surface area (Å²) in [6, 6.07) is 3.66. The normalized spacial score (nSPS) is 22.3. The number of hydrogen-bond donors (Lipinski definition) is 0. The highest BCUT2D eigenvalue weighted by Crippen LogP contribution is 2.20. The van der Waals surface area contributed by atoms with Crippen LogP contribution in [-0.2, 0) is 9.84 Å². The lowest BCUT2D eigenvalue weighted by Gasteiger charge is -2.33. The Morgan fingerprint density at radius 1 is 1.47 bits per heavy atom. The average molecular weight is 350 g/mol. The molecule has 2 rings (SSSR count). The van der Waals surface area contributed by atoms with E-state index in [2.05, 4.69) is 15.9 Å². The van der Waals surface area contributed by atoms with Crippen LogP contribution in [0.3, 0.4) is 0 Å². The Morgan fingerprint density at radius 2 is 2.16 bits per heavy atom. The molecule has 0 saturated carbocycles. The number of halogens is 2. The minimum atomic E-state index is -3.06. The van der Waals surface area contributed by atoms with Crippen molar-refractivity contribution in [2.75, 3.05) is 18.1 Å². The van der Waals surface area contributed by atoms with Crippen LogP contribution in [0.5, 0.6) is 0 Å². The van der Waals surface area contributed by atoms with E-state index in [9.17, 15) is 17.6 Å². The number of amides is 1. The van der Waals surface area contributed by atoms with Gasteiger partial charge in [-0.05, 0) is 41.1 Å². The first-order valence-corrected chi connectivity index (χ1v) is 8.38. The van der Waals surface area contributed by atoms with Crippen LogP contribution in [0.15, 0.2) is 22.7 Å². The van der Waals surface area contributed by atoms with Crippen molar-refractivity contribution in [2.24, 2.45) is 0 Å². The van der Waals surface area contributed by atoms with Crippen molar-refractivity contribution < 1.29 is 17.6 Å². The summed E-state index contributed by atoms with van der Waals surface area (Å²) < 4.78 is 36.3. The summed E-state index contributed by atoms with van der Waals surface area (Å²) in [7, 11) is -3.06. The zero-order valence-corrected chi connectivity index (χ0v) is 12.7. The van der Waals surface area contributed by atoms with Crippen LogP contribution in [-0.4, -0.2) is 43.3 Å². The average Bonchev–Trinajstić information content (AvgIpc) is 2.31. The van der Waals surface area contributed by atoms with Gasteiger partial charge in [-0.2, -0.15) is 0 Å². The molecule has 1 saturated heterocycles. The van der Waals surface area contributed by atoms with Crippen LogP contribution in [0.2, 0.25) is 0 Å². The zero-order chi connectivity index (χ0) is 14.2. The van der Waals surface area contributed by atoms with Crippen LogP contribution in [0, 0.1) is 5.82 Å². The minimum Gasteiger partial charge on any atom is -0.334 e. The number of benzene rings is 1. The van der Waals surface area contributed by atoms with E-state index in [0.29, 0.717) is 5.56 Å². The van der Waals surface area contributed by atoms with Gasteiger partial charge in [-0.15, -0.1) is 0 Å². The molecule has 1 aromatic rings. The zero-order valence-electron chi connectivity index (χ0n) is 10.3. The van der Waals surface area contributed by atoms with E-state index in [4.69, 9.17) is 0 Å². The molecule has 1 unspecified atom stereocenters. The Bertz CT molecular complexity index is 617. The van der Waals surface area contributed by atoms with Crippen molar-refractivity contribution in [3.8, 4) is 0 Å². The highest BCUT2D eigenvalue weighted by molar-refractivity contribution is 9.10. The van der Waals surface area contributed by atoms with Gasteiger partial charge in [-0.3, -0.25) is 4.79 Å². The van der Waals surface area contributed by atoms with Crippen molar-refractivity contribution >= 4 is 31.7 Å². The SMILES string of the molecule is CC1CS(=O)(=O)CCN1C(=O)c1ccc(F)c(Br)c1. The monoisotopic (exact) mass is 349 g/mol. The summed E-state index contributed by atoms with van der Waals surface area (Å²) in [6.45, 7) is 1.88. The molecule has 104 valence electrons. The second kappa shape index (κ2) is 5.20. The molecule has 4 nitrogen and oxygen atoms in total. The fourth-order valence-corrected chi connectivity index (χ4v) is 4.03. The predicted octanol–water partition coefficient (Wildman–Crippen LogP) is 1.85. The van der Waals surface area contributed by atoms with Gasteiger partial charge >= 0.3 is 0 Å². The summed E-state index contributed by atoms with van der Waals surface area (Å²) in [5, 5.41) is 0.